The van der Waals surface area contributed by atoms with Crippen LogP contribution < -0.4 is 5.32 Å². The summed E-state index contributed by atoms with van der Waals surface area (Å²) in [6.07, 6.45) is 5.16. The minimum absolute atomic E-state index is 0.0185. The van der Waals surface area contributed by atoms with E-state index < -0.39 is 16.7 Å². The number of hydrogen-bond donors (Lipinski definition) is 1. The molecule has 0 aromatic heterocycles. The Bertz CT molecular complexity index is 792. The molecule has 6 heteroatoms. The molecule has 0 aliphatic rings. The van der Waals surface area contributed by atoms with Gasteiger partial charge in [-0.2, -0.15) is 0 Å². The number of nitrogens with zero attached hydrogens (tertiary/aromatic N) is 1. The van der Waals surface area contributed by atoms with E-state index >= 15 is 0 Å². The van der Waals surface area contributed by atoms with E-state index in [9.17, 15) is 19.7 Å². The van der Waals surface area contributed by atoms with Crippen LogP contribution in [-0.4, -0.2) is 16.7 Å². The second-order valence-electron chi connectivity index (χ2n) is 4.28. The highest BCUT2D eigenvalue weighted by Gasteiger charge is 2.18. The molecule has 0 aliphatic heterocycles. The number of amides is 2. The molecule has 22 heavy (non-hydrogen) atoms. The molecule has 0 spiro atoms. The zero-order valence-electron chi connectivity index (χ0n) is 11.3. The van der Waals surface area contributed by atoms with Crippen LogP contribution in [0.2, 0.25) is 0 Å². The maximum atomic E-state index is 12.0. The Morgan fingerprint density at radius 2 is 1.68 bits per heavy atom. The molecule has 2 aromatic rings. The number of nitrogens with one attached hydrogen (secondary N) is 1. The van der Waals surface area contributed by atoms with Gasteiger partial charge in [0.15, 0.2) is 0 Å². The highest BCUT2D eigenvalue weighted by Crippen LogP contribution is 2.19. The molecule has 6 nitrogen and oxygen atoms in total. The van der Waals surface area contributed by atoms with E-state index in [0.717, 1.165) is 6.07 Å². The van der Waals surface area contributed by atoms with Crippen molar-refractivity contribution in [3.63, 3.8) is 0 Å². The van der Waals surface area contributed by atoms with Gasteiger partial charge in [-0.3, -0.25) is 25.0 Å². The van der Waals surface area contributed by atoms with E-state index in [2.05, 4.69) is 11.2 Å². The van der Waals surface area contributed by atoms with Gasteiger partial charge < -0.3 is 0 Å². The fourth-order valence-electron chi connectivity index (χ4n) is 1.78. The lowest BCUT2D eigenvalue weighted by atomic mass is 10.1. The molecule has 0 saturated heterocycles. The van der Waals surface area contributed by atoms with Crippen molar-refractivity contribution in [3.8, 4) is 12.3 Å². The molecular formula is C16H10N2O4. The topological polar surface area (TPSA) is 89.3 Å². The standard InChI is InChI=1S/C16H10N2O4/c1-2-11-8-9-13(10-14(11)18(21)22)16(20)17-15(19)12-6-4-3-5-7-12/h1,3-10H,(H,17,19,20). The maximum Gasteiger partial charge on any atom is 0.285 e. The number of nitro groups is 1. The van der Waals surface area contributed by atoms with Crippen LogP contribution >= 0.6 is 0 Å². The number of rotatable bonds is 3. The Labute approximate surface area is 125 Å². The van der Waals surface area contributed by atoms with Crippen molar-refractivity contribution in [2.45, 2.75) is 0 Å². The van der Waals surface area contributed by atoms with E-state index in [1.54, 1.807) is 30.3 Å². The summed E-state index contributed by atoms with van der Waals surface area (Å²) in [6.45, 7) is 0. The van der Waals surface area contributed by atoms with Gasteiger partial charge >= 0.3 is 0 Å². The van der Waals surface area contributed by atoms with Gasteiger partial charge in [-0.15, -0.1) is 6.42 Å². The highest BCUT2D eigenvalue weighted by atomic mass is 16.6. The summed E-state index contributed by atoms with van der Waals surface area (Å²) >= 11 is 0. The molecule has 0 bridgehead atoms. The van der Waals surface area contributed by atoms with Crippen molar-refractivity contribution in [2.75, 3.05) is 0 Å². The molecule has 0 radical (unpaired) electrons. The van der Waals surface area contributed by atoms with Crippen molar-refractivity contribution in [1.29, 1.82) is 0 Å². The summed E-state index contributed by atoms with van der Waals surface area (Å²) in [6, 6.07) is 11.8. The molecule has 0 atom stereocenters. The van der Waals surface area contributed by atoms with E-state index in [1.165, 1.54) is 12.1 Å². The molecule has 0 aliphatic carbocycles. The number of hydrogen-bond acceptors (Lipinski definition) is 4. The van der Waals surface area contributed by atoms with Gasteiger partial charge in [0.05, 0.1) is 4.92 Å². The third-order valence-electron chi connectivity index (χ3n) is 2.88. The summed E-state index contributed by atoms with van der Waals surface area (Å²) < 4.78 is 0. The molecule has 2 aromatic carbocycles. The van der Waals surface area contributed by atoms with Crippen molar-refractivity contribution >= 4 is 17.5 Å². The molecule has 0 saturated carbocycles. The number of carbonyl (C=O) groups is 2. The van der Waals surface area contributed by atoms with Crippen LogP contribution in [0, 0.1) is 22.5 Å². The summed E-state index contributed by atoms with van der Waals surface area (Å²) in [7, 11) is 0. The molecule has 2 amide bonds. The summed E-state index contributed by atoms with van der Waals surface area (Å²) in [4.78, 5) is 34.1. The van der Waals surface area contributed by atoms with Crippen LogP contribution in [-0.2, 0) is 0 Å². The lowest BCUT2D eigenvalue weighted by Gasteiger charge is -2.05. The van der Waals surface area contributed by atoms with Crippen LogP contribution in [0.3, 0.4) is 0 Å². The average molecular weight is 294 g/mol. The number of benzene rings is 2. The van der Waals surface area contributed by atoms with Crippen LogP contribution in [0.25, 0.3) is 0 Å². The molecule has 108 valence electrons. The Kier molecular flexibility index (Phi) is 4.30. The first-order valence-corrected chi connectivity index (χ1v) is 6.18. The van der Waals surface area contributed by atoms with Gasteiger partial charge in [0.25, 0.3) is 17.5 Å². The van der Waals surface area contributed by atoms with E-state index in [-0.39, 0.29) is 16.8 Å². The quantitative estimate of drug-likeness (QED) is 0.406. The first-order valence-electron chi connectivity index (χ1n) is 6.18. The van der Waals surface area contributed by atoms with Crippen molar-refractivity contribution < 1.29 is 14.5 Å². The molecule has 1 N–H and O–H groups in total. The van der Waals surface area contributed by atoms with Crippen molar-refractivity contribution in [1.82, 2.24) is 5.32 Å². The third kappa shape index (κ3) is 3.16. The van der Waals surface area contributed by atoms with Gasteiger partial charge in [-0.25, -0.2) is 0 Å². The van der Waals surface area contributed by atoms with Gasteiger partial charge in [0.2, 0.25) is 0 Å². The molecular weight excluding hydrogens is 284 g/mol. The van der Waals surface area contributed by atoms with E-state index in [4.69, 9.17) is 6.42 Å². The summed E-state index contributed by atoms with van der Waals surface area (Å²) in [5, 5.41) is 13.1. The maximum absolute atomic E-state index is 12.0. The zero-order valence-corrected chi connectivity index (χ0v) is 11.3. The lowest BCUT2D eigenvalue weighted by Crippen LogP contribution is -2.30. The number of nitro benzene ring substituents is 1. The first-order chi connectivity index (χ1) is 10.5. The Hall–Kier alpha value is -3.46. The van der Waals surface area contributed by atoms with Gasteiger partial charge in [0, 0.05) is 17.2 Å². The molecule has 0 heterocycles. The summed E-state index contributed by atoms with van der Waals surface area (Å²) in [5.41, 5.74) is -0.00109. The second kappa shape index (κ2) is 6.33. The lowest BCUT2D eigenvalue weighted by molar-refractivity contribution is -0.385. The highest BCUT2D eigenvalue weighted by molar-refractivity contribution is 6.10. The molecule has 0 unspecified atom stereocenters. The van der Waals surface area contributed by atoms with Crippen LogP contribution in [0.15, 0.2) is 48.5 Å². The van der Waals surface area contributed by atoms with Crippen LogP contribution in [0.4, 0.5) is 5.69 Å². The average Bonchev–Trinajstić information content (AvgIpc) is 2.54. The van der Waals surface area contributed by atoms with Gasteiger partial charge in [-0.05, 0) is 24.3 Å². The fourth-order valence-corrected chi connectivity index (χ4v) is 1.78. The predicted octanol–water partition coefficient (Wildman–Crippen LogP) is 2.15. The fraction of sp³-hybridized carbons (Fsp3) is 0. The molecule has 0 fully saturated rings. The normalized spacial score (nSPS) is 9.59. The monoisotopic (exact) mass is 294 g/mol. The van der Waals surface area contributed by atoms with E-state index in [0.29, 0.717) is 5.56 Å². The number of carbonyl (C=O) groups excluding carboxylic acids is 2. The smallest absolute Gasteiger partial charge is 0.285 e. The minimum atomic E-state index is -0.736. The number of imide groups is 1. The van der Waals surface area contributed by atoms with Crippen molar-refractivity contribution in [2.24, 2.45) is 0 Å². The van der Waals surface area contributed by atoms with Crippen LogP contribution in [0.1, 0.15) is 26.3 Å². The van der Waals surface area contributed by atoms with Gasteiger partial charge in [0.1, 0.15) is 5.56 Å². The largest absolute Gasteiger partial charge is 0.288 e. The SMILES string of the molecule is C#Cc1ccc(C(=O)NC(=O)c2ccccc2)cc1[N+](=O)[O-]. The Morgan fingerprint density at radius 3 is 2.27 bits per heavy atom. The Morgan fingerprint density at radius 1 is 1.05 bits per heavy atom. The first kappa shape index (κ1) is 14.9. The van der Waals surface area contributed by atoms with Gasteiger partial charge in [-0.1, -0.05) is 24.1 Å². The molecule has 2 rings (SSSR count). The predicted molar refractivity (Wildman–Crippen MR) is 79.3 cm³/mol. The second-order valence-corrected chi connectivity index (χ2v) is 4.28. The minimum Gasteiger partial charge on any atom is -0.288 e. The number of terminal acetylenes is 1. The van der Waals surface area contributed by atoms with E-state index in [1.807, 2.05) is 0 Å². The summed E-state index contributed by atoms with van der Waals surface area (Å²) in [5.74, 6) is 0.845. The zero-order chi connectivity index (χ0) is 16.1. The Balaban J connectivity index is 2.24. The van der Waals surface area contributed by atoms with Crippen LogP contribution in [0.5, 0.6) is 0 Å². The third-order valence-corrected chi connectivity index (χ3v) is 2.88. The van der Waals surface area contributed by atoms with Crippen molar-refractivity contribution in [3.05, 3.63) is 75.3 Å².